The monoisotopic (exact) mass is 212 g/mol. The maximum Gasteiger partial charge on any atom is 0.0107 e. The molecule has 15 heavy (non-hydrogen) atoms. The van der Waals surface area contributed by atoms with E-state index in [9.17, 15) is 0 Å². The highest BCUT2D eigenvalue weighted by Crippen LogP contribution is 2.13. The van der Waals surface area contributed by atoms with Crippen LogP contribution in [-0.2, 0) is 0 Å². The van der Waals surface area contributed by atoms with Crippen LogP contribution in [0.5, 0.6) is 0 Å². The van der Waals surface area contributed by atoms with Gasteiger partial charge >= 0.3 is 0 Å². The molecule has 1 aliphatic heterocycles. The van der Waals surface area contributed by atoms with Gasteiger partial charge in [-0.3, -0.25) is 0 Å². The van der Waals surface area contributed by atoms with Gasteiger partial charge in [0.1, 0.15) is 0 Å². The van der Waals surface area contributed by atoms with E-state index >= 15 is 0 Å². The molecule has 0 bridgehead atoms. The zero-order valence-corrected chi connectivity index (χ0v) is 10.8. The highest BCUT2D eigenvalue weighted by Gasteiger charge is 2.17. The van der Waals surface area contributed by atoms with Crippen molar-refractivity contribution in [2.75, 3.05) is 32.7 Å². The Kier molecular flexibility index (Phi) is 6.26. The van der Waals surface area contributed by atoms with Crippen LogP contribution in [0.2, 0.25) is 0 Å². The van der Waals surface area contributed by atoms with E-state index in [1.807, 2.05) is 0 Å². The van der Waals surface area contributed by atoms with Crippen LogP contribution in [0.25, 0.3) is 0 Å². The van der Waals surface area contributed by atoms with Gasteiger partial charge in [0.15, 0.2) is 0 Å². The zero-order valence-electron chi connectivity index (χ0n) is 10.8. The molecule has 1 unspecified atom stereocenters. The van der Waals surface area contributed by atoms with E-state index in [1.165, 1.54) is 52.0 Å². The summed E-state index contributed by atoms with van der Waals surface area (Å²) in [5.41, 5.74) is 0. The van der Waals surface area contributed by atoms with Crippen LogP contribution in [0.15, 0.2) is 0 Å². The van der Waals surface area contributed by atoms with Crippen LogP contribution in [-0.4, -0.2) is 37.6 Å². The highest BCUT2D eigenvalue weighted by molar-refractivity contribution is 4.72. The molecular weight excluding hydrogens is 184 g/mol. The minimum absolute atomic E-state index is 0.853. The van der Waals surface area contributed by atoms with E-state index in [1.54, 1.807) is 0 Å². The van der Waals surface area contributed by atoms with Gasteiger partial charge in [-0.1, -0.05) is 20.8 Å². The summed E-state index contributed by atoms with van der Waals surface area (Å²) in [4.78, 5) is 2.58. The van der Waals surface area contributed by atoms with Crippen molar-refractivity contribution in [3.8, 4) is 0 Å². The lowest BCUT2D eigenvalue weighted by Crippen LogP contribution is -2.31. The third-order valence-electron chi connectivity index (χ3n) is 3.25. The summed E-state index contributed by atoms with van der Waals surface area (Å²) in [5, 5.41) is 3.54. The van der Waals surface area contributed by atoms with E-state index in [2.05, 4.69) is 31.0 Å². The molecular formula is C13H28N2. The highest BCUT2D eigenvalue weighted by atomic mass is 15.2. The Morgan fingerprint density at radius 1 is 1.33 bits per heavy atom. The normalized spacial score (nSPS) is 22.8. The van der Waals surface area contributed by atoms with Crippen LogP contribution >= 0.6 is 0 Å². The smallest absolute Gasteiger partial charge is 0.0107 e. The standard InChI is InChI=1S/C13H28N2/c1-12(2)5-4-7-14-8-10-15-9-6-13(3)11-15/h12-14H,4-11H2,1-3H3. The Morgan fingerprint density at radius 3 is 2.73 bits per heavy atom. The fourth-order valence-electron chi connectivity index (χ4n) is 2.23. The zero-order chi connectivity index (χ0) is 11.1. The van der Waals surface area contributed by atoms with Crippen molar-refractivity contribution in [1.29, 1.82) is 0 Å². The van der Waals surface area contributed by atoms with Crippen LogP contribution < -0.4 is 5.32 Å². The second kappa shape index (κ2) is 7.24. The van der Waals surface area contributed by atoms with Crippen molar-refractivity contribution in [3.05, 3.63) is 0 Å². The predicted octanol–water partition coefficient (Wildman–Crippen LogP) is 2.35. The van der Waals surface area contributed by atoms with Gasteiger partial charge in [-0.05, 0) is 44.2 Å². The average Bonchev–Trinajstić information content (AvgIpc) is 2.57. The number of hydrogen-bond donors (Lipinski definition) is 1. The molecule has 90 valence electrons. The SMILES string of the molecule is CC(C)CCCNCCN1CCC(C)C1. The first-order valence-electron chi connectivity index (χ1n) is 6.61. The number of nitrogens with one attached hydrogen (secondary N) is 1. The third kappa shape index (κ3) is 6.16. The quantitative estimate of drug-likeness (QED) is 0.652. The summed E-state index contributed by atoms with van der Waals surface area (Å²) in [5.74, 6) is 1.78. The summed E-state index contributed by atoms with van der Waals surface area (Å²) in [7, 11) is 0. The molecule has 0 amide bonds. The first-order chi connectivity index (χ1) is 7.18. The molecule has 1 rings (SSSR count). The van der Waals surface area contributed by atoms with E-state index in [0.29, 0.717) is 0 Å². The summed E-state index contributed by atoms with van der Waals surface area (Å²) >= 11 is 0. The second-order valence-corrected chi connectivity index (χ2v) is 5.48. The Bertz CT molecular complexity index is 157. The molecule has 0 aromatic heterocycles. The van der Waals surface area contributed by atoms with Gasteiger partial charge < -0.3 is 10.2 Å². The predicted molar refractivity (Wildman–Crippen MR) is 67.2 cm³/mol. The van der Waals surface area contributed by atoms with Gasteiger partial charge in [0, 0.05) is 19.6 Å². The summed E-state index contributed by atoms with van der Waals surface area (Å²) < 4.78 is 0. The van der Waals surface area contributed by atoms with Crippen molar-refractivity contribution in [2.24, 2.45) is 11.8 Å². The van der Waals surface area contributed by atoms with E-state index in [0.717, 1.165) is 11.8 Å². The lowest BCUT2D eigenvalue weighted by molar-refractivity contribution is 0.324. The molecule has 2 heteroatoms. The van der Waals surface area contributed by atoms with Crippen LogP contribution in [0.1, 0.15) is 40.0 Å². The molecule has 1 heterocycles. The molecule has 1 aliphatic rings. The Hall–Kier alpha value is -0.0800. The van der Waals surface area contributed by atoms with Gasteiger partial charge in [-0.15, -0.1) is 0 Å². The molecule has 0 radical (unpaired) electrons. The largest absolute Gasteiger partial charge is 0.315 e. The minimum atomic E-state index is 0.853. The molecule has 0 spiro atoms. The van der Waals surface area contributed by atoms with Gasteiger partial charge in [-0.2, -0.15) is 0 Å². The number of rotatable bonds is 7. The van der Waals surface area contributed by atoms with Crippen molar-refractivity contribution in [1.82, 2.24) is 10.2 Å². The van der Waals surface area contributed by atoms with E-state index in [4.69, 9.17) is 0 Å². The van der Waals surface area contributed by atoms with Crippen LogP contribution in [0, 0.1) is 11.8 Å². The van der Waals surface area contributed by atoms with Crippen molar-refractivity contribution in [3.63, 3.8) is 0 Å². The summed E-state index contributed by atoms with van der Waals surface area (Å²) in [6.45, 7) is 13.2. The number of likely N-dealkylation sites (tertiary alicyclic amines) is 1. The van der Waals surface area contributed by atoms with Gasteiger partial charge in [0.2, 0.25) is 0 Å². The Balaban J connectivity index is 1.85. The van der Waals surface area contributed by atoms with Crippen molar-refractivity contribution < 1.29 is 0 Å². The number of hydrogen-bond acceptors (Lipinski definition) is 2. The Labute approximate surface area is 95.4 Å². The fraction of sp³-hybridized carbons (Fsp3) is 1.00. The first-order valence-corrected chi connectivity index (χ1v) is 6.61. The summed E-state index contributed by atoms with van der Waals surface area (Å²) in [6, 6.07) is 0. The lowest BCUT2D eigenvalue weighted by Gasteiger charge is -2.15. The van der Waals surface area contributed by atoms with Crippen molar-refractivity contribution in [2.45, 2.75) is 40.0 Å². The maximum atomic E-state index is 3.54. The maximum absolute atomic E-state index is 3.54. The number of nitrogens with zero attached hydrogens (tertiary/aromatic N) is 1. The molecule has 2 nitrogen and oxygen atoms in total. The lowest BCUT2D eigenvalue weighted by atomic mass is 10.1. The van der Waals surface area contributed by atoms with Crippen LogP contribution in [0.3, 0.4) is 0 Å². The van der Waals surface area contributed by atoms with Crippen LogP contribution in [0.4, 0.5) is 0 Å². The molecule has 0 aromatic carbocycles. The van der Waals surface area contributed by atoms with Crippen molar-refractivity contribution >= 4 is 0 Å². The third-order valence-corrected chi connectivity index (χ3v) is 3.25. The first kappa shape index (κ1) is 13.0. The molecule has 1 atom stereocenters. The molecule has 1 fully saturated rings. The molecule has 1 saturated heterocycles. The fourth-order valence-corrected chi connectivity index (χ4v) is 2.23. The van der Waals surface area contributed by atoms with Gasteiger partial charge in [-0.25, -0.2) is 0 Å². The van der Waals surface area contributed by atoms with Gasteiger partial charge in [0.25, 0.3) is 0 Å². The topological polar surface area (TPSA) is 15.3 Å². The minimum Gasteiger partial charge on any atom is -0.315 e. The van der Waals surface area contributed by atoms with Gasteiger partial charge in [0.05, 0.1) is 0 Å². The molecule has 0 aliphatic carbocycles. The molecule has 0 aromatic rings. The van der Waals surface area contributed by atoms with E-state index < -0.39 is 0 Å². The van der Waals surface area contributed by atoms with E-state index in [-0.39, 0.29) is 0 Å². The average molecular weight is 212 g/mol. The summed E-state index contributed by atoms with van der Waals surface area (Å²) in [6.07, 6.45) is 4.08. The Morgan fingerprint density at radius 2 is 2.13 bits per heavy atom. The molecule has 0 saturated carbocycles. The second-order valence-electron chi connectivity index (χ2n) is 5.48. The molecule has 1 N–H and O–H groups in total.